The van der Waals surface area contributed by atoms with E-state index in [1.54, 1.807) is 37.3 Å². The summed E-state index contributed by atoms with van der Waals surface area (Å²) in [5, 5.41) is 0. The van der Waals surface area contributed by atoms with E-state index in [9.17, 15) is 4.79 Å². The van der Waals surface area contributed by atoms with E-state index < -0.39 is 0 Å². The fraction of sp³-hybridized carbons (Fsp3) is 0.500. The Morgan fingerprint density at radius 2 is 1.94 bits per heavy atom. The molecule has 0 radical (unpaired) electrons. The average Bonchev–Trinajstić information content (AvgIpc) is 2.35. The van der Waals surface area contributed by atoms with Gasteiger partial charge in [-0.1, -0.05) is 13.8 Å². The third-order valence-electron chi connectivity index (χ3n) is 3.35. The number of nitrogens with two attached hydrogens (primary N) is 1. The topological polar surface area (TPSA) is 55.6 Å². The van der Waals surface area contributed by atoms with Crippen molar-refractivity contribution >= 4 is 11.6 Å². The number of nitrogen functional groups attached to an aromatic ring is 1. The van der Waals surface area contributed by atoms with Gasteiger partial charge < -0.3 is 15.4 Å². The van der Waals surface area contributed by atoms with Crippen molar-refractivity contribution < 1.29 is 9.53 Å². The molecule has 0 bridgehead atoms. The zero-order valence-electron chi connectivity index (χ0n) is 11.7. The molecule has 18 heavy (non-hydrogen) atoms. The third-order valence-corrected chi connectivity index (χ3v) is 3.35. The number of carbonyl (C=O) groups excluding carboxylic acids is 1. The quantitative estimate of drug-likeness (QED) is 0.835. The molecule has 0 spiro atoms. The van der Waals surface area contributed by atoms with Crippen molar-refractivity contribution in [3.8, 4) is 5.75 Å². The summed E-state index contributed by atoms with van der Waals surface area (Å²) < 4.78 is 5.21. The normalized spacial score (nSPS) is 12.3. The van der Waals surface area contributed by atoms with Crippen molar-refractivity contribution in [2.24, 2.45) is 5.92 Å². The van der Waals surface area contributed by atoms with Crippen molar-refractivity contribution in [3.05, 3.63) is 23.8 Å². The largest absolute Gasteiger partial charge is 0.496 e. The van der Waals surface area contributed by atoms with Crippen LogP contribution in [0.15, 0.2) is 18.2 Å². The smallest absolute Gasteiger partial charge is 0.257 e. The Morgan fingerprint density at radius 3 is 2.44 bits per heavy atom. The maximum Gasteiger partial charge on any atom is 0.257 e. The number of amides is 1. The minimum absolute atomic E-state index is 0.0691. The minimum Gasteiger partial charge on any atom is -0.496 e. The van der Waals surface area contributed by atoms with Gasteiger partial charge in [0.05, 0.1) is 12.7 Å². The Morgan fingerprint density at radius 1 is 1.33 bits per heavy atom. The number of hydrogen-bond donors (Lipinski definition) is 1. The molecule has 0 aliphatic heterocycles. The lowest BCUT2D eigenvalue weighted by molar-refractivity contribution is 0.0704. The van der Waals surface area contributed by atoms with E-state index in [4.69, 9.17) is 10.5 Å². The van der Waals surface area contributed by atoms with E-state index in [0.717, 1.165) is 0 Å². The van der Waals surface area contributed by atoms with Gasteiger partial charge in [-0.3, -0.25) is 4.79 Å². The van der Waals surface area contributed by atoms with E-state index in [1.165, 1.54) is 0 Å². The number of rotatable bonds is 4. The molecule has 2 N–H and O–H groups in total. The summed E-state index contributed by atoms with van der Waals surface area (Å²) in [4.78, 5) is 14.1. The van der Waals surface area contributed by atoms with Crippen molar-refractivity contribution in [2.75, 3.05) is 19.9 Å². The molecule has 1 aromatic carbocycles. The lowest BCUT2D eigenvalue weighted by Crippen LogP contribution is -2.38. The SMILES string of the molecule is COc1ccc(N)cc1C(=O)N(C)C(C)C(C)C. The predicted molar refractivity (Wildman–Crippen MR) is 73.8 cm³/mol. The van der Waals surface area contributed by atoms with Crippen molar-refractivity contribution in [1.82, 2.24) is 4.90 Å². The second-order valence-corrected chi connectivity index (χ2v) is 4.86. The van der Waals surface area contributed by atoms with E-state index in [0.29, 0.717) is 22.9 Å². The number of hydrogen-bond acceptors (Lipinski definition) is 3. The van der Waals surface area contributed by atoms with Crippen LogP contribution in [0.5, 0.6) is 5.75 Å². The van der Waals surface area contributed by atoms with Gasteiger partial charge in [0.1, 0.15) is 5.75 Å². The first-order valence-electron chi connectivity index (χ1n) is 6.09. The van der Waals surface area contributed by atoms with Gasteiger partial charge in [0.25, 0.3) is 5.91 Å². The van der Waals surface area contributed by atoms with Crippen molar-refractivity contribution in [1.29, 1.82) is 0 Å². The number of methoxy groups -OCH3 is 1. The standard InChI is InChI=1S/C14H22N2O2/c1-9(2)10(3)16(4)14(17)12-8-11(15)6-7-13(12)18-5/h6-10H,15H2,1-5H3. The number of benzene rings is 1. The molecule has 0 aromatic heterocycles. The summed E-state index contributed by atoms with van der Waals surface area (Å²) in [6, 6.07) is 5.26. The van der Waals surface area contributed by atoms with Crippen LogP contribution in [-0.2, 0) is 0 Å². The molecule has 0 heterocycles. The van der Waals surface area contributed by atoms with E-state index in [-0.39, 0.29) is 11.9 Å². The second-order valence-electron chi connectivity index (χ2n) is 4.86. The molecule has 0 fully saturated rings. The minimum atomic E-state index is -0.0691. The fourth-order valence-corrected chi connectivity index (χ4v) is 1.71. The van der Waals surface area contributed by atoms with Crippen LogP contribution in [0, 0.1) is 5.92 Å². The third kappa shape index (κ3) is 2.94. The Hall–Kier alpha value is -1.71. The molecular weight excluding hydrogens is 228 g/mol. The van der Waals surface area contributed by atoms with Crippen LogP contribution in [-0.4, -0.2) is 31.0 Å². The van der Waals surface area contributed by atoms with Gasteiger partial charge in [-0.15, -0.1) is 0 Å². The highest BCUT2D eigenvalue weighted by Crippen LogP contribution is 2.23. The van der Waals surface area contributed by atoms with Crippen molar-refractivity contribution in [2.45, 2.75) is 26.8 Å². The molecule has 100 valence electrons. The lowest BCUT2D eigenvalue weighted by Gasteiger charge is -2.28. The highest BCUT2D eigenvalue weighted by Gasteiger charge is 2.22. The maximum atomic E-state index is 12.4. The van der Waals surface area contributed by atoms with E-state index in [2.05, 4.69) is 13.8 Å². The molecule has 1 atom stereocenters. The van der Waals surface area contributed by atoms with Crippen LogP contribution in [0.3, 0.4) is 0 Å². The first-order chi connectivity index (χ1) is 8.38. The molecule has 1 unspecified atom stereocenters. The Kier molecular flexibility index (Phi) is 4.59. The summed E-state index contributed by atoms with van der Waals surface area (Å²) in [7, 11) is 3.35. The van der Waals surface area contributed by atoms with Gasteiger partial charge in [0.15, 0.2) is 0 Å². The van der Waals surface area contributed by atoms with Crippen LogP contribution >= 0.6 is 0 Å². The molecule has 0 saturated carbocycles. The fourth-order valence-electron chi connectivity index (χ4n) is 1.71. The highest BCUT2D eigenvalue weighted by molar-refractivity contribution is 5.97. The molecule has 0 saturated heterocycles. The predicted octanol–water partition coefficient (Wildman–Crippen LogP) is 2.39. The summed E-state index contributed by atoms with van der Waals surface area (Å²) in [5.74, 6) is 0.878. The summed E-state index contributed by atoms with van der Waals surface area (Å²) in [6.45, 7) is 6.21. The first kappa shape index (κ1) is 14.4. The molecule has 1 rings (SSSR count). The van der Waals surface area contributed by atoms with Gasteiger partial charge in [0.2, 0.25) is 0 Å². The van der Waals surface area contributed by atoms with Gasteiger partial charge in [-0.05, 0) is 31.0 Å². The maximum absolute atomic E-state index is 12.4. The number of nitrogens with zero attached hydrogens (tertiary/aromatic N) is 1. The van der Waals surface area contributed by atoms with Gasteiger partial charge in [-0.2, -0.15) is 0 Å². The zero-order valence-corrected chi connectivity index (χ0v) is 11.7. The summed E-state index contributed by atoms with van der Waals surface area (Å²) >= 11 is 0. The monoisotopic (exact) mass is 250 g/mol. The van der Waals surface area contributed by atoms with Crippen LogP contribution in [0.1, 0.15) is 31.1 Å². The second kappa shape index (κ2) is 5.76. The molecule has 4 heteroatoms. The summed E-state index contributed by atoms with van der Waals surface area (Å²) in [6.07, 6.45) is 0. The van der Waals surface area contributed by atoms with Crippen LogP contribution in [0.25, 0.3) is 0 Å². The summed E-state index contributed by atoms with van der Waals surface area (Å²) in [5.41, 5.74) is 6.80. The Bertz CT molecular complexity index is 430. The molecule has 0 aliphatic rings. The van der Waals surface area contributed by atoms with Crippen LogP contribution in [0.4, 0.5) is 5.69 Å². The van der Waals surface area contributed by atoms with Crippen LogP contribution < -0.4 is 10.5 Å². The zero-order chi connectivity index (χ0) is 13.9. The number of anilines is 1. The van der Waals surface area contributed by atoms with Gasteiger partial charge in [0, 0.05) is 18.8 Å². The molecule has 1 aromatic rings. The average molecular weight is 250 g/mol. The Balaban J connectivity index is 3.06. The lowest BCUT2D eigenvalue weighted by atomic mass is 10.0. The van der Waals surface area contributed by atoms with Crippen molar-refractivity contribution in [3.63, 3.8) is 0 Å². The number of carbonyl (C=O) groups is 1. The van der Waals surface area contributed by atoms with Gasteiger partial charge >= 0.3 is 0 Å². The molecule has 0 aliphatic carbocycles. The molecular formula is C14H22N2O2. The highest BCUT2D eigenvalue weighted by atomic mass is 16.5. The molecule has 1 amide bonds. The van der Waals surface area contributed by atoms with Crippen LogP contribution in [0.2, 0.25) is 0 Å². The Labute approximate surface area is 109 Å². The van der Waals surface area contributed by atoms with E-state index >= 15 is 0 Å². The molecule has 4 nitrogen and oxygen atoms in total. The van der Waals surface area contributed by atoms with Gasteiger partial charge in [-0.25, -0.2) is 0 Å². The van der Waals surface area contributed by atoms with E-state index in [1.807, 2.05) is 6.92 Å². The number of ether oxygens (including phenoxy) is 1. The first-order valence-corrected chi connectivity index (χ1v) is 6.09.